The van der Waals surface area contributed by atoms with Crippen molar-refractivity contribution in [3.8, 4) is 11.3 Å². The molecule has 4 nitrogen and oxygen atoms in total. The predicted molar refractivity (Wildman–Crippen MR) is 91.2 cm³/mol. The second-order valence-electron chi connectivity index (χ2n) is 5.42. The van der Waals surface area contributed by atoms with Crippen molar-refractivity contribution < 1.29 is 9.29 Å². The molecular weight excluding hydrogens is 316 g/mol. The monoisotopic (exact) mass is 332 g/mol. The number of thiazole rings is 1. The molecule has 1 aromatic carbocycles. The maximum atomic E-state index is 12.6. The highest BCUT2D eigenvalue weighted by Crippen LogP contribution is 2.42. The summed E-state index contributed by atoms with van der Waals surface area (Å²) in [5.41, 5.74) is 4.66. The van der Waals surface area contributed by atoms with Gasteiger partial charge in [0.05, 0.1) is 27.8 Å². The zero-order valence-corrected chi connectivity index (χ0v) is 13.6. The number of hydrogen-bond donors (Lipinski definition) is 1. The Balaban J connectivity index is 1.76. The fourth-order valence-corrected chi connectivity index (χ4v) is 4.78. The van der Waals surface area contributed by atoms with E-state index in [1.165, 1.54) is 0 Å². The number of aromatic nitrogens is 1. The molecule has 1 aliphatic rings. The fourth-order valence-electron chi connectivity index (χ4n) is 2.91. The quantitative estimate of drug-likeness (QED) is 0.727. The molecule has 3 heterocycles. The van der Waals surface area contributed by atoms with Crippen molar-refractivity contribution in [3.05, 3.63) is 34.5 Å². The van der Waals surface area contributed by atoms with Crippen molar-refractivity contribution in [2.75, 3.05) is 18.5 Å². The molecule has 0 radical (unpaired) electrons. The van der Waals surface area contributed by atoms with Crippen molar-refractivity contribution in [1.82, 2.24) is 4.98 Å². The fraction of sp³-hybridized carbons (Fsp3) is 0.312. The summed E-state index contributed by atoms with van der Waals surface area (Å²) in [6.07, 6.45) is 1.98. The Kier molecular flexibility index (Phi) is 3.83. The third kappa shape index (κ3) is 2.52. The van der Waals surface area contributed by atoms with Gasteiger partial charge in [-0.3, -0.25) is 0 Å². The number of nitrogens with one attached hydrogen (secondary N) is 1. The highest BCUT2D eigenvalue weighted by molar-refractivity contribution is 7.31. The zero-order chi connectivity index (χ0) is 14.9. The van der Waals surface area contributed by atoms with Crippen molar-refractivity contribution in [2.45, 2.75) is 18.9 Å². The molecule has 0 amide bonds. The van der Waals surface area contributed by atoms with Crippen LogP contribution in [0.3, 0.4) is 0 Å². The lowest BCUT2D eigenvalue weighted by Crippen LogP contribution is -2.27. The van der Waals surface area contributed by atoms with E-state index in [4.69, 9.17) is 4.74 Å². The lowest BCUT2D eigenvalue weighted by Gasteiger charge is -2.23. The van der Waals surface area contributed by atoms with Gasteiger partial charge in [0.2, 0.25) is 4.70 Å². The van der Waals surface area contributed by atoms with E-state index in [1.54, 1.807) is 16.8 Å². The number of thiophene rings is 1. The Labute approximate surface area is 135 Å². The van der Waals surface area contributed by atoms with Crippen LogP contribution in [0.15, 0.2) is 34.5 Å². The first-order valence-corrected chi connectivity index (χ1v) is 9.47. The zero-order valence-electron chi connectivity index (χ0n) is 12.0. The Morgan fingerprint density at radius 2 is 2.18 bits per heavy atom. The van der Waals surface area contributed by atoms with Gasteiger partial charge in [-0.1, -0.05) is 6.07 Å². The van der Waals surface area contributed by atoms with Crippen LogP contribution in [0.5, 0.6) is 0 Å². The summed E-state index contributed by atoms with van der Waals surface area (Å²) >= 11 is 1.55. The summed E-state index contributed by atoms with van der Waals surface area (Å²) in [4.78, 5) is 4.36. The van der Waals surface area contributed by atoms with Crippen LogP contribution in [0.1, 0.15) is 12.8 Å². The van der Waals surface area contributed by atoms with Gasteiger partial charge < -0.3 is 14.6 Å². The number of rotatable bonds is 3. The minimum atomic E-state index is -1.12. The molecule has 3 aromatic rings. The van der Waals surface area contributed by atoms with Gasteiger partial charge in [-0.05, 0) is 35.7 Å². The SMILES string of the molecule is [O-][s+]1cc(-c2cscn2)c2cccc(NC3CCOCC3)c21. The van der Waals surface area contributed by atoms with E-state index in [9.17, 15) is 4.55 Å². The molecule has 0 aliphatic carbocycles. The molecule has 22 heavy (non-hydrogen) atoms. The molecule has 0 bridgehead atoms. The smallest absolute Gasteiger partial charge is 0.203 e. The molecule has 1 aliphatic heterocycles. The number of nitrogens with zero attached hydrogens (tertiary/aromatic N) is 1. The first kappa shape index (κ1) is 14.1. The second kappa shape index (κ2) is 5.96. The van der Waals surface area contributed by atoms with Crippen LogP contribution in [-0.4, -0.2) is 28.8 Å². The Bertz CT molecular complexity index is 777. The molecule has 1 fully saturated rings. The normalized spacial score (nSPS) is 17.0. The molecule has 1 saturated heterocycles. The lowest BCUT2D eigenvalue weighted by atomic mass is 10.1. The van der Waals surface area contributed by atoms with Gasteiger partial charge in [0, 0.05) is 24.6 Å². The van der Waals surface area contributed by atoms with Crippen LogP contribution in [0.25, 0.3) is 21.3 Å². The highest BCUT2D eigenvalue weighted by Gasteiger charge is 2.21. The topological polar surface area (TPSA) is 57.2 Å². The third-order valence-electron chi connectivity index (χ3n) is 4.02. The Morgan fingerprint density at radius 3 is 2.95 bits per heavy atom. The van der Waals surface area contributed by atoms with Gasteiger partial charge in [0.1, 0.15) is 5.38 Å². The van der Waals surface area contributed by atoms with E-state index in [0.717, 1.165) is 53.1 Å². The number of fused-ring (bicyclic) bond motifs is 1. The molecule has 1 unspecified atom stereocenters. The minimum Gasteiger partial charge on any atom is -0.590 e. The highest BCUT2D eigenvalue weighted by atomic mass is 32.2. The van der Waals surface area contributed by atoms with Crippen molar-refractivity contribution in [2.24, 2.45) is 0 Å². The van der Waals surface area contributed by atoms with Crippen LogP contribution in [0.4, 0.5) is 5.69 Å². The van der Waals surface area contributed by atoms with E-state index in [1.807, 2.05) is 29.0 Å². The number of anilines is 1. The summed E-state index contributed by atoms with van der Waals surface area (Å²) in [6, 6.07) is 6.45. The molecule has 2 aromatic heterocycles. The summed E-state index contributed by atoms with van der Waals surface area (Å²) in [5.74, 6) is 0. The van der Waals surface area contributed by atoms with Crippen LogP contribution in [0.2, 0.25) is 0 Å². The standard InChI is InChI=1S/C16H16N2O2S2/c19-22-9-13(15-8-21-10-17-15)12-2-1-3-14(16(12)22)18-11-4-6-20-7-5-11/h1-3,8-11,18H,4-7H2. The maximum absolute atomic E-state index is 12.6. The van der Waals surface area contributed by atoms with E-state index in [-0.39, 0.29) is 0 Å². The van der Waals surface area contributed by atoms with E-state index >= 15 is 0 Å². The van der Waals surface area contributed by atoms with Crippen molar-refractivity contribution in [1.29, 1.82) is 0 Å². The van der Waals surface area contributed by atoms with E-state index in [2.05, 4.69) is 10.3 Å². The molecule has 1 atom stereocenters. The summed E-state index contributed by atoms with van der Waals surface area (Å²) < 4.78 is 18.9. The Hall–Kier alpha value is -1.47. The van der Waals surface area contributed by atoms with Crippen LogP contribution in [-0.2, 0) is 4.74 Å². The molecule has 0 spiro atoms. The number of benzene rings is 1. The van der Waals surface area contributed by atoms with Crippen LogP contribution < -0.4 is 5.32 Å². The second-order valence-corrected chi connectivity index (χ2v) is 7.37. The number of hydrogen-bond acceptors (Lipinski definition) is 5. The first-order valence-electron chi connectivity index (χ1n) is 7.31. The van der Waals surface area contributed by atoms with E-state index < -0.39 is 10.8 Å². The predicted octanol–water partition coefficient (Wildman–Crippen LogP) is 4.28. The maximum Gasteiger partial charge on any atom is 0.203 e. The molecule has 6 heteroatoms. The molecular formula is C16H16N2O2S2. The lowest BCUT2D eigenvalue weighted by molar-refractivity contribution is 0.0905. The summed E-state index contributed by atoms with van der Waals surface area (Å²) in [5, 5.41) is 8.39. The molecule has 0 saturated carbocycles. The molecule has 1 N–H and O–H groups in total. The third-order valence-corrected chi connectivity index (χ3v) is 5.90. The first-order chi connectivity index (χ1) is 10.8. The van der Waals surface area contributed by atoms with Crippen LogP contribution >= 0.6 is 22.1 Å². The largest absolute Gasteiger partial charge is 0.590 e. The minimum absolute atomic E-state index is 0.389. The van der Waals surface area contributed by atoms with Gasteiger partial charge in [0.25, 0.3) is 0 Å². The van der Waals surface area contributed by atoms with Gasteiger partial charge in [0.15, 0.2) is 0 Å². The van der Waals surface area contributed by atoms with Gasteiger partial charge in [-0.15, -0.1) is 11.3 Å². The van der Waals surface area contributed by atoms with Crippen molar-refractivity contribution in [3.63, 3.8) is 0 Å². The molecule has 114 valence electrons. The van der Waals surface area contributed by atoms with Gasteiger partial charge in [-0.25, -0.2) is 4.98 Å². The average molecular weight is 332 g/mol. The van der Waals surface area contributed by atoms with Gasteiger partial charge >= 0.3 is 0 Å². The van der Waals surface area contributed by atoms with Crippen molar-refractivity contribution >= 4 is 37.9 Å². The van der Waals surface area contributed by atoms with Gasteiger partial charge in [-0.2, -0.15) is 0 Å². The summed E-state index contributed by atoms with van der Waals surface area (Å²) in [7, 11) is -1.12. The number of ether oxygens (including phenoxy) is 1. The Morgan fingerprint density at radius 1 is 1.32 bits per heavy atom. The van der Waals surface area contributed by atoms with Crippen LogP contribution in [0, 0.1) is 0 Å². The van der Waals surface area contributed by atoms with E-state index in [0.29, 0.717) is 6.04 Å². The molecule has 4 rings (SSSR count). The average Bonchev–Trinajstić information content (AvgIpc) is 3.17. The summed E-state index contributed by atoms with van der Waals surface area (Å²) in [6.45, 7) is 1.58.